The van der Waals surface area contributed by atoms with E-state index in [9.17, 15) is 0 Å². The van der Waals surface area contributed by atoms with Gasteiger partial charge < -0.3 is 14.5 Å². The van der Waals surface area contributed by atoms with Crippen LogP contribution in [0.2, 0.25) is 0 Å². The van der Waals surface area contributed by atoms with Crippen molar-refractivity contribution < 1.29 is 4.74 Å². The maximum absolute atomic E-state index is 5.79. The Morgan fingerprint density at radius 1 is 0.947 bits per heavy atom. The summed E-state index contributed by atoms with van der Waals surface area (Å²) in [5, 5.41) is 0. The molecule has 0 radical (unpaired) electrons. The van der Waals surface area contributed by atoms with Crippen LogP contribution in [0.5, 0.6) is 0 Å². The molecule has 0 atom stereocenters. The molecule has 0 unspecified atom stereocenters. The second kappa shape index (κ2) is 8.20. The number of piperazine rings is 1. The minimum absolute atomic E-state index is 0.00595. The number of ether oxygens (including phenoxy) is 1. The first-order chi connectivity index (χ1) is 8.87. The molecular weight excluding hydrogens is 238 g/mol. The molecule has 0 aromatic rings. The van der Waals surface area contributed by atoms with Gasteiger partial charge in [0.2, 0.25) is 0 Å². The molecule has 0 aromatic carbocycles. The summed E-state index contributed by atoms with van der Waals surface area (Å²) in [6, 6.07) is 0. The Labute approximate surface area is 119 Å². The van der Waals surface area contributed by atoms with Crippen LogP contribution in [0.1, 0.15) is 27.2 Å². The SMILES string of the molecule is CN(C)CCCN1CCN(CCOC(C)(C)C)CC1. The van der Waals surface area contributed by atoms with Gasteiger partial charge in [-0.05, 0) is 54.4 Å². The van der Waals surface area contributed by atoms with E-state index in [1.54, 1.807) is 0 Å². The van der Waals surface area contributed by atoms with E-state index in [2.05, 4.69) is 49.6 Å². The molecule has 1 aliphatic rings. The lowest BCUT2D eigenvalue weighted by atomic mass is 10.2. The molecule has 0 bridgehead atoms. The molecule has 1 fully saturated rings. The Balaban J connectivity index is 2.05. The fourth-order valence-electron chi connectivity index (χ4n) is 2.33. The van der Waals surface area contributed by atoms with E-state index in [0.717, 1.165) is 13.2 Å². The van der Waals surface area contributed by atoms with Gasteiger partial charge in [-0.3, -0.25) is 4.90 Å². The summed E-state index contributed by atoms with van der Waals surface area (Å²) in [6.07, 6.45) is 1.28. The van der Waals surface area contributed by atoms with Gasteiger partial charge in [-0.1, -0.05) is 0 Å². The molecule has 19 heavy (non-hydrogen) atoms. The van der Waals surface area contributed by atoms with Crippen molar-refractivity contribution >= 4 is 0 Å². The van der Waals surface area contributed by atoms with Crippen molar-refractivity contribution in [1.29, 1.82) is 0 Å². The highest BCUT2D eigenvalue weighted by molar-refractivity contribution is 4.72. The van der Waals surface area contributed by atoms with E-state index in [1.165, 1.54) is 45.7 Å². The van der Waals surface area contributed by atoms with Crippen LogP contribution < -0.4 is 0 Å². The van der Waals surface area contributed by atoms with E-state index < -0.39 is 0 Å². The third kappa shape index (κ3) is 8.58. The lowest BCUT2D eigenvalue weighted by Gasteiger charge is -2.35. The third-order valence-electron chi connectivity index (χ3n) is 3.49. The predicted octanol–water partition coefficient (Wildman–Crippen LogP) is 1.37. The summed E-state index contributed by atoms with van der Waals surface area (Å²) in [5.41, 5.74) is -0.00595. The summed E-state index contributed by atoms with van der Waals surface area (Å²) >= 11 is 0. The van der Waals surface area contributed by atoms with Gasteiger partial charge in [0, 0.05) is 32.7 Å². The van der Waals surface area contributed by atoms with Gasteiger partial charge in [-0.15, -0.1) is 0 Å². The Hall–Kier alpha value is -0.160. The first-order valence-electron chi connectivity index (χ1n) is 7.60. The minimum Gasteiger partial charge on any atom is -0.375 e. The largest absolute Gasteiger partial charge is 0.375 e. The van der Waals surface area contributed by atoms with E-state index in [0.29, 0.717) is 0 Å². The highest BCUT2D eigenvalue weighted by Gasteiger charge is 2.17. The van der Waals surface area contributed by atoms with Crippen molar-refractivity contribution in [3.8, 4) is 0 Å². The average Bonchev–Trinajstić information content (AvgIpc) is 2.29. The maximum atomic E-state index is 5.79. The Bertz CT molecular complexity index is 230. The van der Waals surface area contributed by atoms with Crippen molar-refractivity contribution in [2.45, 2.75) is 32.8 Å². The summed E-state index contributed by atoms with van der Waals surface area (Å²) in [4.78, 5) is 7.37. The number of hydrogen-bond donors (Lipinski definition) is 0. The minimum atomic E-state index is -0.00595. The highest BCUT2D eigenvalue weighted by Crippen LogP contribution is 2.07. The zero-order valence-corrected chi connectivity index (χ0v) is 13.6. The summed E-state index contributed by atoms with van der Waals surface area (Å²) < 4.78 is 5.79. The smallest absolute Gasteiger partial charge is 0.0600 e. The first kappa shape index (κ1) is 16.9. The van der Waals surface area contributed by atoms with Crippen molar-refractivity contribution in [2.24, 2.45) is 0 Å². The van der Waals surface area contributed by atoms with Gasteiger partial charge in [0.15, 0.2) is 0 Å². The molecule has 0 spiro atoms. The van der Waals surface area contributed by atoms with E-state index in [4.69, 9.17) is 4.74 Å². The monoisotopic (exact) mass is 271 g/mol. The Morgan fingerprint density at radius 3 is 1.95 bits per heavy atom. The molecule has 0 amide bonds. The zero-order chi connectivity index (χ0) is 14.3. The lowest BCUT2D eigenvalue weighted by Crippen LogP contribution is -2.48. The van der Waals surface area contributed by atoms with Crippen LogP contribution in [0.3, 0.4) is 0 Å². The second-order valence-electron chi connectivity index (χ2n) is 6.80. The highest BCUT2D eigenvalue weighted by atomic mass is 16.5. The summed E-state index contributed by atoms with van der Waals surface area (Å²) in [6.45, 7) is 15.5. The number of rotatable bonds is 7. The molecule has 114 valence electrons. The topological polar surface area (TPSA) is 19.0 Å². The number of nitrogens with zero attached hydrogens (tertiary/aromatic N) is 3. The van der Waals surface area contributed by atoms with Crippen molar-refractivity contribution in [2.75, 3.05) is 66.5 Å². The van der Waals surface area contributed by atoms with Crippen molar-refractivity contribution in [3.63, 3.8) is 0 Å². The Kier molecular flexibility index (Phi) is 7.29. The maximum Gasteiger partial charge on any atom is 0.0600 e. The molecule has 0 saturated carbocycles. The summed E-state index contributed by atoms with van der Waals surface area (Å²) in [7, 11) is 4.29. The van der Waals surface area contributed by atoms with Crippen molar-refractivity contribution in [1.82, 2.24) is 14.7 Å². The average molecular weight is 271 g/mol. The lowest BCUT2D eigenvalue weighted by molar-refractivity contribution is -0.0178. The van der Waals surface area contributed by atoms with Crippen molar-refractivity contribution in [3.05, 3.63) is 0 Å². The third-order valence-corrected chi connectivity index (χ3v) is 3.49. The standard InChI is InChI=1S/C15H33N3O/c1-15(2,3)19-14-13-18-11-9-17(10-12-18)8-6-7-16(4)5/h6-14H2,1-5H3. The molecule has 1 aliphatic heterocycles. The van der Waals surface area contributed by atoms with Gasteiger partial charge in [0.25, 0.3) is 0 Å². The van der Waals surface area contributed by atoms with Crippen LogP contribution in [-0.2, 0) is 4.74 Å². The van der Waals surface area contributed by atoms with Gasteiger partial charge in [0.1, 0.15) is 0 Å². The van der Waals surface area contributed by atoms with E-state index in [1.807, 2.05) is 0 Å². The normalized spacial score (nSPS) is 19.3. The fourth-order valence-corrected chi connectivity index (χ4v) is 2.33. The second-order valence-corrected chi connectivity index (χ2v) is 6.80. The quantitative estimate of drug-likeness (QED) is 0.696. The van der Waals surface area contributed by atoms with Gasteiger partial charge >= 0.3 is 0 Å². The van der Waals surface area contributed by atoms with Crippen LogP contribution in [0.25, 0.3) is 0 Å². The molecular formula is C15H33N3O. The molecule has 1 heterocycles. The molecule has 4 nitrogen and oxygen atoms in total. The molecule has 0 aliphatic carbocycles. The molecule has 0 N–H and O–H groups in total. The molecule has 1 saturated heterocycles. The molecule has 0 aromatic heterocycles. The summed E-state index contributed by atoms with van der Waals surface area (Å²) in [5.74, 6) is 0. The molecule has 1 rings (SSSR count). The Morgan fingerprint density at radius 2 is 1.47 bits per heavy atom. The van der Waals surface area contributed by atoms with E-state index in [-0.39, 0.29) is 5.60 Å². The fraction of sp³-hybridized carbons (Fsp3) is 1.00. The van der Waals surface area contributed by atoms with Crippen LogP contribution in [0.4, 0.5) is 0 Å². The van der Waals surface area contributed by atoms with Crippen LogP contribution in [-0.4, -0.2) is 86.8 Å². The predicted molar refractivity (Wildman–Crippen MR) is 81.8 cm³/mol. The molecule has 4 heteroatoms. The van der Waals surface area contributed by atoms with Gasteiger partial charge in [-0.25, -0.2) is 0 Å². The van der Waals surface area contributed by atoms with Gasteiger partial charge in [-0.2, -0.15) is 0 Å². The van der Waals surface area contributed by atoms with Crippen LogP contribution in [0.15, 0.2) is 0 Å². The zero-order valence-electron chi connectivity index (χ0n) is 13.6. The number of hydrogen-bond acceptors (Lipinski definition) is 4. The van der Waals surface area contributed by atoms with Gasteiger partial charge in [0.05, 0.1) is 12.2 Å². The van der Waals surface area contributed by atoms with Crippen LogP contribution >= 0.6 is 0 Å². The first-order valence-corrected chi connectivity index (χ1v) is 7.60. The van der Waals surface area contributed by atoms with Crippen LogP contribution in [0, 0.1) is 0 Å². The van der Waals surface area contributed by atoms with E-state index >= 15 is 0 Å².